The number of benzene rings is 3. The highest BCUT2D eigenvalue weighted by molar-refractivity contribution is 9.10. The Hall–Kier alpha value is -2.63. The predicted octanol–water partition coefficient (Wildman–Crippen LogP) is 6.20. The average molecular weight is 542 g/mol. The third-order valence-corrected chi connectivity index (χ3v) is 6.55. The summed E-state index contributed by atoms with van der Waals surface area (Å²) >= 11 is 9.62. The number of halogens is 2. The van der Waals surface area contributed by atoms with Crippen molar-refractivity contribution in [3.63, 3.8) is 0 Å². The summed E-state index contributed by atoms with van der Waals surface area (Å²) < 4.78 is 0.961. The minimum atomic E-state index is -0.647. The molecular formula is C28H30BrClN2O2. The zero-order chi connectivity index (χ0) is 24.5. The van der Waals surface area contributed by atoms with Crippen molar-refractivity contribution in [3.05, 3.63) is 105 Å². The molecule has 0 radical (unpaired) electrons. The standard InChI is InChI=1S/C28H30BrClN2O2/c1-3-20(2)31-28(34)26(17-21-8-5-4-6-9-21)32(19-22-12-14-24(29)15-13-22)27(33)18-23-10-7-11-25(30)16-23/h4-16,20,26H,3,17-19H2,1-2H3,(H,31,34)/t20-,26+/m0/s1. The van der Waals surface area contributed by atoms with Crippen LogP contribution in [0.15, 0.2) is 83.3 Å². The van der Waals surface area contributed by atoms with Crippen LogP contribution in [0.2, 0.25) is 5.02 Å². The van der Waals surface area contributed by atoms with Crippen molar-refractivity contribution in [2.24, 2.45) is 0 Å². The largest absolute Gasteiger partial charge is 0.352 e. The van der Waals surface area contributed by atoms with E-state index in [0.29, 0.717) is 18.0 Å². The van der Waals surface area contributed by atoms with Crippen molar-refractivity contribution in [2.45, 2.75) is 51.7 Å². The Morgan fingerprint density at radius 2 is 1.62 bits per heavy atom. The van der Waals surface area contributed by atoms with E-state index < -0.39 is 6.04 Å². The van der Waals surface area contributed by atoms with Gasteiger partial charge in [0.15, 0.2) is 0 Å². The number of nitrogens with zero attached hydrogens (tertiary/aromatic N) is 1. The van der Waals surface area contributed by atoms with E-state index in [4.69, 9.17) is 11.6 Å². The Kier molecular flexibility index (Phi) is 9.73. The molecule has 0 saturated carbocycles. The molecule has 2 atom stereocenters. The molecule has 1 N–H and O–H groups in total. The lowest BCUT2D eigenvalue weighted by Gasteiger charge is -2.32. The maximum Gasteiger partial charge on any atom is 0.243 e. The summed E-state index contributed by atoms with van der Waals surface area (Å²) in [5, 5.41) is 3.68. The topological polar surface area (TPSA) is 49.4 Å². The number of nitrogens with one attached hydrogen (secondary N) is 1. The monoisotopic (exact) mass is 540 g/mol. The van der Waals surface area contributed by atoms with Gasteiger partial charge in [-0.15, -0.1) is 0 Å². The number of carbonyl (C=O) groups is 2. The Morgan fingerprint density at radius 1 is 0.941 bits per heavy atom. The SMILES string of the molecule is CC[C@H](C)NC(=O)[C@@H](Cc1ccccc1)N(Cc1ccc(Br)cc1)C(=O)Cc1cccc(Cl)c1. The smallest absolute Gasteiger partial charge is 0.243 e. The van der Waals surface area contributed by atoms with Crippen molar-refractivity contribution in [2.75, 3.05) is 0 Å². The fraction of sp³-hybridized carbons (Fsp3) is 0.286. The molecule has 0 bridgehead atoms. The summed E-state index contributed by atoms with van der Waals surface area (Å²) in [6, 6.07) is 24.3. The van der Waals surface area contributed by atoms with Crippen molar-refractivity contribution < 1.29 is 9.59 Å². The first-order valence-electron chi connectivity index (χ1n) is 11.5. The minimum absolute atomic E-state index is 0.0170. The van der Waals surface area contributed by atoms with Crippen LogP contribution in [-0.2, 0) is 29.0 Å². The molecule has 0 aromatic heterocycles. The molecular weight excluding hydrogens is 512 g/mol. The van der Waals surface area contributed by atoms with Gasteiger partial charge in [-0.2, -0.15) is 0 Å². The van der Waals surface area contributed by atoms with Gasteiger partial charge >= 0.3 is 0 Å². The quantitative estimate of drug-likeness (QED) is 0.332. The minimum Gasteiger partial charge on any atom is -0.352 e. The van der Waals surface area contributed by atoms with Gasteiger partial charge in [0.1, 0.15) is 6.04 Å². The average Bonchev–Trinajstić information content (AvgIpc) is 2.83. The van der Waals surface area contributed by atoms with Gasteiger partial charge in [-0.25, -0.2) is 0 Å². The van der Waals surface area contributed by atoms with E-state index in [9.17, 15) is 9.59 Å². The second kappa shape index (κ2) is 12.7. The maximum absolute atomic E-state index is 13.7. The van der Waals surface area contributed by atoms with E-state index in [1.807, 2.05) is 80.6 Å². The fourth-order valence-corrected chi connectivity index (χ4v) is 4.18. The van der Waals surface area contributed by atoms with Crippen LogP contribution < -0.4 is 5.32 Å². The van der Waals surface area contributed by atoms with E-state index in [0.717, 1.165) is 27.6 Å². The third kappa shape index (κ3) is 7.71. The summed E-state index contributed by atoms with van der Waals surface area (Å²) in [5.41, 5.74) is 2.78. The molecule has 3 aromatic rings. The van der Waals surface area contributed by atoms with Gasteiger partial charge in [-0.3, -0.25) is 9.59 Å². The number of carbonyl (C=O) groups excluding carboxylic acids is 2. The molecule has 0 fully saturated rings. The van der Waals surface area contributed by atoms with E-state index in [1.165, 1.54) is 0 Å². The van der Waals surface area contributed by atoms with Crippen molar-refractivity contribution in [1.82, 2.24) is 10.2 Å². The van der Waals surface area contributed by atoms with Crippen LogP contribution in [0.1, 0.15) is 37.0 Å². The Balaban J connectivity index is 1.96. The predicted molar refractivity (Wildman–Crippen MR) is 142 cm³/mol. The Bertz CT molecular complexity index is 1090. The van der Waals surface area contributed by atoms with Gasteiger partial charge in [0.05, 0.1) is 6.42 Å². The van der Waals surface area contributed by atoms with Gasteiger partial charge in [-0.1, -0.05) is 89.1 Å². The number of hydrogen-bond donors (Lipinski definition) is 1. The molecule has 0 spiro atoms. The van der Waals surface area contributed by atoms with Crippen LogP contribution in [0.4, 0.5) is 0 Å². The fourth-order valence-electron chi connectivity index (χ4n) is 3.70. The normalized spacial score (nSPS) is 12.6. The first kappa shape index (κ1) is 26.0. The first-order chi connectivity index (χ1) is 16.4. The molecule has 34 heavy (non-hydrogen) atoms. The second-order valence-electron chi connectivity index (χ2n) is 8.48. The van der Waals surface area contributed by atoms with Gasteiger partial charge in [0, 0.05) is 28.5 Å². The molecule has 2 amide bonds. The van der Waals surface area contributed by atoms with Gasteiger partial charge in [0.2, 0.25) is 11.8 Å². The van der Waals surface area contributed by atoms with E-state index in [2.05, 4.69) is 21.2 Å². The van der Waals surface area contributed by atoms with Crippen molar-refractivity contribution >= 4 is 39.3 Å². The molecule has 0 aliphatic carbocycles. The lowest BCUT2D eigenvalue weighted by atomic mass is 10.0. The number of rotatable bonds is 10. The summed E-state index contributed by atoms with van der Waals surface area (Å²) in [6.45, 7) is 4.34. The van der Waals surface area contributed by atoms with Crippen LogP contribution in [0.5, 0.6) is 0 Å². The molecule has 0 aliphatic heterocycles. The molecule has 6 heteroatoms. The Morgan fingerprint density at radius 3 is 2.26 bits per heavy atom. The lowest BCUT2D eigenvalue weighted by molar-refractivity contribution is -0.141. The zero-order valence-corrected chi connectivity index (χ0v) is 21.9. The summed E-state index contributed by atoms with van der Waals surface area (Å²) in [4.78, 5) is 28.9. The van der Waals surface area contributed by atoms with Gasteiger partial charge in [-0.05, 0) is 54.3 Å². The van der Waals surface area contributed by atoms with Crippen LogP contribution >= 0.6 is 27.5 Å². The number of hydrogen-bond acceptors (Lipinski definition) is 2. The zero-order valence-electron chi connectivity index (χ0n) is 19.5. The van der Waals surface area contributed by atoms with Crippen molar-refractivity contribution in [1.29, 1.82) is 0 Å². The molecule has 0 heterocycles. The number of amides is 2. The molecule has 3 rings (SSSR count). The second-order valence-corrected chi connectivity index (χ2v) is 9.83. The third-order valence-electron chi connectivity index (χ3n) is 5.78. The molecule has 0 saturated heterocycles. The molecule has 178 valence electrons. The van der Waals surface area contributed by atoms with Crippen LogP contribution in [0.25, 0.3) is 0 Å². The van der Waals surface area contributed by atoms with Gasteiger partial charge in [0.25, 0.3) is 0 Å². The first-order valence-corrected chi connectivity index (χ1v) is 12.7. The Labute approximate surface area is 215 Å². The lowest BCUT2D eigenvalue weighted by Crippen LogP contribution is -2.52. The summed E-state index contributed by atoms with van der Waals surface area (Å²) in [5.74, 6) is -0.264. The van der Waals surface area contributed by atoms with Crippen LogP contribution in [0, 0.1) is 0 Å². The highest BCUT2D eigenvalue weighted by Gasteiger charge is 2.31. The maximum atomic E-state index is 13.7. The molecule has 3 aromatic carbocycles. The van der Waals surface area contributed by atoms with Crippen LogP contribution in [-0.4, -0.2) is 28.8 Å². The van der Waals surface area contributed by atoms with Crippen molar-refractivity contribution in [3.8, 4) is 0 Å². The molecule has 0 aliphatic rings. The highest BCUT2D eigenvalue weighted by atomic mass is 79.9. The van der Waals surface area contributed by atoms with E-state index >= 15 is 0 Å². The molecule has 0 unspecified atom stereocenters. The van der Waals surface area contributed by atoms with Gasteiger partial charge < -0.3 is 10.2 Å². The van der Waals surface area contributed by atoms with E-state index in [-0.39, 0.29) is 24.3 Å². The summed E-state index contributed by atoms with van der Waals surface area (Å²) in [6.07, 6.45) is 1.41. The van der Waals surface area contributed by atoms with E-state index in [1.54, 1.807) is 17.0 Å². The molecule has 4 nitrogen and oxygen atoms in total. The highest BCUT2D eigenvalue weighted by Crippen LogP contribution is 2.19. The van der Waals surface area contributed by atoms with Crippen LogP contribution in [0.3, 0.4) is 0 Å². The summed E-state index contributed by atoms with van der Waals surface area (Å²) in [7, 11) is 0.